The number of hydrogen-bond donors (Lipinski definition) is 0. The van der Waals surface area contributed by atoms with Crippen LogP contribution >= 0.6 is 0 Å². The smallest absolute Gasteiger partial charge is 0.164 e. The summed E-state index contributed by atoms with van der Waals surface area (Å²) in [7, 11) is 0. The number of benzene rings is 7. The molecule has 9 rings (SSSR count). The molecule has 0 spiro atoms. The van der Waals surface area contributed by atoms with E-state index in [4.69, 9.17) is 18.1 Å². The molecule has 0 aliphatic heterocycles. The first kappa shape index (κ1) is 15.7. The van der Waals surface area contributed by atoms with Crippen LogP contribution in [0.25, 0.3) is 89.1 Å². The molecule has 0 bridgehead atoms. The van der Waals surface area contributed by atoms with Gasteiger partial charge in [0.05, 0.1) is 20.6 Å². The Bertz CT molecular complexity index is 3370. The van der Waals surface area contributed by atoms with Crippen molar-refractivity contribution in [3.63, 3.8) is 0 Å². The van der Waals surface area contributed by atoms with Crippen LogP contribution in [0.1, 0.15) is 20.6 Å². The molecule has 47 heavy (non-hydrogen) atoms. The number of fused-ring (bicyclic) bond motifs is 4. The maximum Gasteiger partial charge on any atom is 0.164 e. The predicted octanol–water partition coefficient (Wildman–Crippen LogP) is 11.3. The lowest BCUT2D eigenvalue weighted by Crippen LogP contribution is -2.00. The molecule has 2 heterocycles. The zero-order chi connectivity index (χ0) is 44.2. The van der Waals surface area contributed by atoms with Gasteiger partial charge in [0.1, 0.15) is 11.2 Å². The first-order chi connectivity index (χ1) is 29.5. The van der Waals surface area contributed by atoms with E-state index in [1.807, 2.05) is 0 Å². The molecule has 7 aromatic carbocycles. The summed E-state index contributed by atoms with van der Waals surface area (Å²) in [6.45, 7) is 0. The van der Waals surface area contributed by atoms with Crippen molar-refractivity contribution >= 4 is 32.7 Å². The number of furan rings is 1. The molecule has 0 radical (unpaired) electrons. The summed E-state index contributed by atoms with van der Waals surface area (Å²) in [5.41, 5.74) is 0.100. The van der Waals surface area contributed by atoms with Gasteiger partial charge in [-0.1, -0.05) is 139 Å². The van der Waals surface area contributed by atoms with Crippen LogP contribution in [0.3, 0.4) is 0 Å². The van der Waals surface area contributed by atoms with E-state index < -0.39 is 119 Å². The summed E-state index contributed by atoms with van der Waals surface area (Å²) in [5.74, 6) is -1.82. The van der Waals surface area contributed by atoms with E-state index in [0.29, 0.717) is 33.1 Å². The maximum atomic E-state index is 9.35. The summed E-state index contributed by atoms with van der Waals surface area (Å²) in [4.78, 5) is 13.2. The molecule has 0 fully saturated rings. The fraction of sp³-hybridized carbons (Fsp3) is 0. The fourth-order valence-corrected chi connectivity index (χ4v) is 5.35. The van der Waals surface area contributed by atoms with Gasteiger partial charge in [0.25, 0.3) is 0 Å². The van der Waals surface area contributed by atoms with Crippen LogP contribution in [-0.2, 0) is 0 Å². The van der Waals surface area contributed by atoms with Gasteiger partial charge in [-0.2, -0.15) is 0 Å². The van der Waals surface area contributed by atoms with Gasteiger partial charge in [-0.05, 0) is 57.2 Å². The second kappa shape index (κ2) is 11.2. The normalized spacial score (nSPS) is 15.9. The molecule has 0 N–H and O–H groups in total. The average Bonchev–Trinajstić information content (AvgIpc) is 3.65. The number of nitrogens with zero attached hydrogens (tertiary/aromatic N) is 3. The summed E-state index contributed by atoms with van der Waals surface area (Å²) in [6.07, 6.45) is 0. The van der Waals surface area contributed by atoms with Crippen molar-refractivity contribution in [2.75, 3.05) is 0 Å². The van der Waals surface area contributed by atoms with Gasteiger partial charge < -0.3 is 4.42 Å². The van der Waals surface area contributed by atoms with Gasteiger partial charge in [0.15, 0.2) is 17.5 Å². The van der Waals surface area contributed by atoms with Crippen LogP contribution in [0.5, 0.6) is 0 Å². The van der Waals surface area contributed by atoms with Gasteiger partial charge in [-0.15, -0.1) is 0 Å². The Balaban J connectivity index is 1.36. The first-order valence-corrected chi connectivity index (χ1v) is 14.5. The zero-order valence-electron chi connectivity index (χ0n) is 39.2. The van der Waals surface area contributed by atoms with E-state index in [9.17, 15) is 6.85 Å². The molecule has 0 saturated carbocycles. The highest BCUT2D eigenvalue weighted by Crippen LogP contribution is 2.37. The highest BCUT2D eigenvalue weighted by Gasteiger charge is 2.15. The molecule has 4 heteroatoms. The van der Waals surface area contributed by atoms with Crippen LogP contribution in [0.4, 0.5) is 0 Å². The van der Waals surface area contributed by atoms with Crippen molar-refractivity contribution < 1.29 is 25.0 Å². The van der Waals surface area contributed by atoms with Crippen molar-refractivity contribution in [2.24, 2.45) is 0 Å². The second-order valence-corrected chi connectivity index (χ2v) is 10.4. The Kier molecular flexibility index (Phi) is 3.75. The summed E-state index contributed by atoms with van der Waals surface area (Å²) in [5, 5.41) is 0.608. The van der Waals surface area contributed by atoms with Gasteiger partial charge in [0, 0.05) is 27.5 Å². The number of para-hydroxylation sites is 1. The van der Waals surface area contributed by atoms with Crippen molar-refractivity contribution in [3.8, 4) is 56.4 Å². The van der Waals surface area contributed by atoms with Crippen molar-refractivity contribution in [1.82, 2.24) is 15.0 Å². The van der Waals surface area contributed by atoms with Crippen LogP contribution in [0, 0.1) is 0 Å². The second-order valence-electron chi connectivity index (χ2n) is 10.4. The molecule has 0 aliphatic rings. The van der Waals surface area contributed by atoms with Crippen molar-refractivity contribution in [3.05, 3.63) is 163 Å². The van der Waals surface area contributed by atoms with E-state index >= 15 is 0 Å². The third kappa shape index (κ3) is 4.93. The van der Waals surface area contributed by atoms with Gasteiger partial charge in [-0.25, -0.2) is 15.0 Å². The first-order valence-electron chi connectivity index (χ1n) is 22.0. The van der Waals surface area contributed by atoms with Crippen LogP contribution in [0.2, 0.25) is 0 Å². The van der Waals surface area contributed by atoms with Crippen molar-refractivity contribution in [2.45, 2.75) is 0 Å². The lowest BCUT2D eigenvalue weighted by molar-refractivity contribution is 0.669. The molecule has 0 unspecified atom stereocenters. The Hall–Kier alpha value is -6.39. The predicted molar refractivity (Wildman–Crippen MR) is 192 cm³/mol. The molecule has 4 nitrogen and oxygen atoms in total. The Morgan fingerprint density at radius 1 is 0.426 bits per heavy atom. The van der Waals surface area contributed by atoms with E-state index in [-0.39, 0.29) is 27.9 Å². The topological polar surface area (TPSA) is 51.8 Å². The fourth-order valence-electron chi connectivity index (χ4n) is 5.35. The minimum absolute atomic E-state index is 0.0121. The van der Waals surface area contributed by atoms with E-state index in [0.717, 1.165) is 0 Å². The lowest BCUT2D eigenvalue weighted by Gasteiger charge is -2.10. The molecule has 0 aliphatic carbocycles. The third-order valence-corrected chi connectivity index (χ3v) is 7.54. The van der Waals surface area contributed by atoms with Crippen LogP contribution in [-0.4, -0.2) is 15.0 Å². The monoisotopic (exact) mass is 616 g/mol. The van der Waals surface area contributed by atoms with Crippen LogP contribution < -0.4 is 0 Å². The quantitative estimate of drug-likeness (QED) is 0.193. The molecule has 220 valence electrons. The number of rotatable bonds is 5. The lowest BCUT2D eigenvalue weighted by atomic mass is 9.98. The standard InChI is InChI=1S/C43H27N3O/c1-3-10-28(11-4-1)32-22-23-34-27-35(25-24-33(34)26-32)43-45-41(30-12-5-2-6-13-30)44-42(46-43)31-20-18-29(19-21-31)36-15-9-17-39-40(36)37-14-7-8-16-38(37)47-39/h1-27H/i2D,5D,6D,12D,13D,18D,19D,20D,21D,22D,23D,24D,25D,26D,27D. The molecular formula is C43H27N3O. The van der Waals surface area contributed by atoms with Gasteiger partial charge in [0.2, 0.25) is 0 Å². The minimum atomic E-state index is -0.750. The molecular weight excluding hydrogens is 574 g/mol. The average molecular weight is 617 g/mol. The summed E-state index contributed by atoms with van der Waals surface area (Å²) < 4.78 is 140. The Morgan fingerprint density at radius 2 is 1.00 bits per heavy atom. The number of hydrogen-bond acceptors (Lipinski definition) is 4. The largest absolute Gasteiger partial charge is 0.456 e. The maximum absolute atomic E-state index is 9.35. The van der Waals surface area contributed by atoms with E-state index in [1.54, 1.807) is 72.8 Å². The molecule has 0 amide bonds. The minimum Gasteiger partial charge on any atom is -0.456 e. The summed E-state index contributed by atoms with van der Waals surface area (Å²) >= 11 is 0. The Morgan fingerprint density at radius 3 is 1.77 bits per heavy atom. The SMILES string of the molecule is [2H]c1c([2H])c([2H])c(-c2nc(-c3c([2H])c([2H])c(-c4cccc5oc6ccccc6c45)c([2H])c3[2H])nc(-c3c([2H])c([2H])c4c([2H])c(-c5ccccc5)c([2H])c([2H])c4c3[2H])n2)c([2H])c1[2H]. The highest BCUT2D eigenvalue weighted by atomic mass is 16.3. The molecule has 0 atom stereocenters. The van der Waals surface area contributed by atoms with Gasteiger partial charge in [-0.3, -0.25) is 0 Å². The molecule has 9 aromatic rings. The van der Waals surface area contributed by atoms with E-state index in [1.165, 1.54) is 0 Å². The van der Waals surface area contributed by atoms with E-state index in [2.05, 4.69) is 15.0 Å². The molecule has 2 aromatic heterocycles. The Labute approximate surface area is 292 Å². The zero-order valence-corrected chi connectivity index (χ0v) is 24.2. The van der Waals surface area contributed by atoms with Crippen molar-refractivity contribution in [1.29, 1.82) is 0 Å². The molecule has 0 saturated heterocycles. The van der Waals surface area contributed by atoms with Crippen LogP contribution in [0.15, 0.2) is 168 Å². The van der Waals surface area contributed by atoms with Gasteiger partial charge >= 0.3 is 0 Å². The summed E-state index contributed by atoms with van der Waals surface area (Å²) in [6, 6.07) is 11.2. The highest BCUT2D eigenvalue weighted by molar-refractivity contribution is 6.12. The third-order valence-electron chi connectivity index (χ3n) is 7.54. The number of aromatic nitrogens is 3.